The fourth-order valence-electron chi connectivity index (χ4n) is 1.90. The van der Waals surface area contributed by atoms with Gasteiger partial charge in [-0.05, 0) is 24.6 Å². The predicted octanol–water partition coefficient (Wildman–Crippen LogP) is 3.63. The summed E-state index contributed by atoms with van der Waals surface area (Å²) in [4.78, 5) is 11.9. The Labute approximate surface area is 124 Å². The predicted molar refractivity (Wildman–Crippen MR) is 82.9 cm³/mol. The number of nitrogens with one attached hydrogen (secondary N) is 2. The van der Waals surface area contributed by atoms with Crippen molar-refractivity contribution in [1.29, 1.82) is 0 Å². The number of hydrogen-bond acceptors (Lipinski definition) is 2. The number of anilines is 1. The van der Waals surface area contributed by atoms with E-state index in [0.29, 0.717) is 5.02 Å². The summed E-state index contributed by atoms with van der Waals surface area (Å²) in [6, 6.07) is 17.2. The number of benzene rings is 2. The molecule has 1 atom stereocenters. The molecule has 2 N–H and O–H groups in total. The van der Waals surface area contributed by atoms with Crippen LogP contribution in [0.15, 0.2) is 54.6 Å². The van der Waals surface area contributed by atoms with Crippen molar-refractivity contribution in [2.75, 3.05) is 11.9 Å². The van der Waals surface area contributed by atoms with Crippen LogP contribution in [0, 0.1) is 0 Å². The van der Waals surface area contributed by atoms with Crippen LogP contribution in [0.1, 0.15) is 18.5 Å². The molecule has 0 spiro atoms. The van der Waals surface area contributed by atoms with Gasteiger partial charge >= 0.3 is 0 Å². The number of carbonyl (C=O) groups is 1. The minimum Gasteiger partial charge on any atom is -0.375 e. The zero-order valence-corrected chi connectivity index (χ0v) is 12.0. The highest BCUT2D eigenvalue weighted by Gasteiger charge is 2.09. The highest BCUT2D eigenvalue weighted by atomic mass is 35.5. The molecule has 0 heterocycles. The fraction of sp³-hybridized carbons (Fsp3) is 0.188. The normalized spacial score (nSPS) is 11.7. The summed E-state index contributed by atoms with van der Waals surface area (Å²) in [7, 11) is 0. The number of carbonyl (C=O) groups excluding carboxylic acids is 1. The van der Waals surface area contributed by atoms with E-state index in [-0.39, 0.29) is 18.5 Å². The molecular weight excluding hydrogens is 272 g/mol. The van der Waals surface area contributed by atoms with Gasteiger partial charge in [-0.2, -0.15) is 0 Å². The Bertz CT molecular complexity index is 572. The van der Waals surface area contributed by atoms with Crippen LogP contribution in [0.3, 0.4) is 0 Å². The first-order valence-corrected chi connectivity index (χ1v) is 6.87. The second-order valence-corrected chi connectivity index (χ2v) is 4.94. The molecule has 2 rings (SSSR count). The van der Waals surface area contributed by atoms with E-state index in [1.807, 2.05) is 55.5 Å². The molecule has 0 radical (unpaired) electrons. The minimum absolute atomic E-state index is 0.0169. The van der Waals surface area contributed by atoms with Crippen molar-refractivity contribution in [2.24, 2.45) is 0 Å². The zero-order valence-electron chi connectivity index (χ0n) is 11.3. The van der Waals surface area contributed by atoms with Crippen LogP contribution in [-0.4, -0.2) is 12.5 Å². The highest BCUT2D eigenvalue weighted by Crippen LogP contribution is 2.20. The van der Waals surface area contributed by atoms with Crippen LogP contribution in [-0.2, 0) is 4.79 Å². The molecule has 0 saturated carbocycles. The Morgan fingerprint density at radius 1 is 1.10 bits per heavy atom. The van der Waals surface area contributed by atoms with Crippen LogP contribution in [0.25, 0.3) is 0 Å². The van der Waals surface area contributed by atoms with Gasteiger partial charge in [0.1, 0.15) is 0 Å². The highest BCUT2D eigenvalue weighted by molar-refractivity contribution is 6.33. The average Bonchev–Trinajstić information content (AvgIpc) is 2.47. The lowest BCUT2D eigenvalue weighted by Gasteiger charge is -2.15. The molecule has 104 valence electrons. The Morgan fingerprint density at radius 3 is 2.45 bits per heavy atom. The summed E-state index contributed by atoms with van der Waals surface area (Å²) < 4.78 is 0. The third-order valence-electron chi connectivity index (χ3n) is 2.99. The molecule has 2 aromatic carbocycles. The monoisotopic (exact) mass is 288 g/mol. The van der Waals surface area contributed by atoms with Gasteiger partial charge in [0.15, 0.2) is 0 Å². The smallest absolute Gasteiger partial charge is 0.239 e. The van der Waals surface area contributed by atoms with E-state index in [1.54, 1.807) is 6.07 Å². The SMILES string of the molecule is C[C@@H](NC(=O)CNc1ccccc1Cl)c1ccccc1. The van der Waals surface area contributed by atoms with Gasteiger partial charge in [-0.1, -0.05) is 54.1 Å². The van der Waals surface area contributed by atoms with Crippen LogP contribution >= 0.6 is 11.6 Å². The lowest BCUT2D eigenvalue weighted by Crippen LogP contribution is -2.32. The quantitative estimate of drug-likeness (QED) is 0.882. The molecule has 1 amide bonds. The number of para-hydroxylation sites is 1. The second-order valence-electron chi connectivity index (χ2n) is 4.53. The van der Waals surface area contributed by atoms with E-state index in [2.05, 4.69) is 10.6 Å². The van der Waals surface area contributed by atoms with E-state index in [9.17, 15) is 4.79 Å². The van der Waals surface area contributed by atoms with Crippen LogP contribution in [0.2, 0.25) is 5.02 Å². The molecule has 0 aromatic heterocycles. The van der Waals surface area contributed by atoms with Gasteiger partial charge in [0, 0.05) is 0 Å². The lowest BCUT2D eigenvalue weighted by molar-refractivity contribution is -0.120. The summed E-state index contributed by atoms with van der Waals surface area (Å²) in [6.45, 7) is 2.16. The van der Waals surface area contributed by atoms with Crippen LogP contribution in [0.5, 0.6) is 0 Å². The zero-order chi connectivity index (χ0) is 14.4. The summed E-state index contributed by atoms with van der Waals surface area (Å²) in [5.41, 5.74) is 1.84. The van der Waals surface area contributed by atoms with Crippen molar-refractivity contribution in [3.63, 3.8) is 0 Å². The third kappa shape index (κ3) is 4.00. The van der Waals surface area contributed by atoms with Crippen molar-refractivity contribution < 1.29 is 4.79 Å². The van der Waals surface area contributed by atoms with Crippen LogP contribution < -0.4 is 10.6 Å². The third-order valence-corrected chi connectivity index (χ3v) is 3.32. The molecule has 3 nitrogen and oxygen atoms in total. The Kier molecular flexibility index (Phi) is 5.02. The van der Waals surface area contributed by atoms with Gasteiger partial charge in [-0.3, -0.25) is 4.79 Å². The van der Waals surface area contributed by atoms with Gasteiger partial charge in [0.25, 0.3) is 0 Å². The van der Waals surface area contributed by atoms with Crippen molar-refractivity contribution >= 4 is 23.2 Å². The van der Waals surface area contributed by atoms with E-state index >= 15 is 0 Å². The van der Waals surface area contributed by atoms with Gasteiger partial charge in [0.2, 0.25) is 5.91 Å². The molecule has 0 aliphatic rings. The summed E-state index contributed by atoms with van der Waals surface area (Å²) >= 11 is 6.02. The van der Waals surface area contributed by atoms with Crippen molar-refractivity contribution in [3.8, 4) is 0 Å². The van der Waals surface area contributed by atoms with E-state index in [1.165, 1.54) is 0 Å². The fourth-order valence-corrected chi connectivity index (χ4v) is 2.10. The largest absolute Gasteiger partial charge is 0.375 e. The summed E-state index contributed by atoms with van der Waals surface area (Å²) in [6.07, 6.45) is 0. The molecule has 2 aromatic rings. The van der Waals surface area contributed by atoms with Crippen LogP contribution in [0.4, 0.5) is 5.69 Å². The number of hydrogen-bond donors (Lipinski definition) is 2. The van der Waals surface area contributed by atoms with Gasteiger partial charge in [-0.15, -0.1) is 0 Å². The van der Waals surface area contributed by atoms with Crippen molar-refractivity contribution in [2.45, 2.75) is 13.0 Å². The lowest BCUT2D eigenvalue weighted by atomic mass is 10.1. The maximum Gasteiger partial charge on any atom is 0.239 e. The van der Waals surface area contributed by atoms with Crippen molar-refractivity contribution in [3.05, 3.63) is 65.2 Å². The standard InChI is InChI=1S/C16H17ClN2O/c1-12(13-7-3-2-4-8-13)19-16(20)11-18-15-10-6-5-9-14(15)17/h2-10,12,18H,11H2,1H3,(H,19,20)/t12-/m1/s1. The first-order chi connectivity index (χ1) is 9.66. The van der Waals surface area contributed by atoms with E-state index < -0.39 is 0 Å². The molecule has 0 saturated heterocycles. The molecule has 0 aliphatic carbocycles. The Hall–Kier alpha value is -2.00. The first kappa shape index (κ1) is 14.4. The number of halogens is 1. The molecule has 0 bridgehead atoms. The summed E-state index contributed by atoms with van der Waals surface area (Å²) in [5, 5.41) is 6.57. The second kappa shape index (κ2) is 6.96. The molecule has 20 heavy (non-hydrogen) atoms. The van der Waals surface area contributed by atoms with Crippen molar-refractivity contribution in [1.82, 2.24) is 5.32 Å². The maximum absolute atomic E-state index is 11.9. The molecule has 4 heteroatoms. The Balaban J connectivity index is 1.86. The topological polar surface area (TPSA) is 41.1 Å². The van der Waals surface area contributed by atoms with E-state index in [4.69, 9.17) is 11.6 Å². The number of rotatable bonds is 5. The van der Waals surface area contributed by atoms with E-state index in [0.717, 1.165) is 11.3 Å². The number of amides is 1. The molecular formula is C16H17ClN2O. The van der Waals surface area contributed by atoms with Gasteiger partial charge < -0.3 is 10.6 Å². The molecule has 0 fully saturated rings. The average molecular weight is 289 g/mol. The van der Waals surface area contributed by atoms with Gasteiger partial charge in [-0.25, -0.2) is 0 Å². The molecule has 0 aliphatic heterocycles. The first-order valence-electron chi connectivity index (χ1n) is 6.49. The Morgan fingerprint density at radius 2 is 1.75 bits per heavy atom. The minimum atomic E-state index is -0.0683. The summed E-state index contributed by atoms with van der Waals surface area (Å²) in [5.74, 6) is -0.0683. The van der Waals surface area contributed by atoms with Gasteiger partial charge in [0.05, 0.1) is 23.3 Å². The maximum atomic E-state index is 11.9. The molecule has 0 unspecified atom stereocenters.